The third-order valence-electron chi connectivity index (χ3n) is 9.58. The van der Waals surface area contributed by atoms with Crippen LogP contribution in [0.15, 0.2) is 12.1 Å². The largest absolute Gasteiger partial charge is 0.450 e. The molecule has 3 heteroatoms. The molecule has 0 radical (unpaired) electrons. The van der Waals surface area contributed by atoms with Crippen molar-refractivity contribution in [1.29, 1.82) is 0 Å². The number of rotatable bonds is 6. The van der Waals surface area contributed by atoms with Crippen LogP contribution in [-0.2, 0) is 27.2 Å². The number of benzene rings is 1. The number of ketones is 1. The topological polar surface area (TPSA) is 43.4 Å². The van der Waals surface area contributed by atoms with Gasteiger partial charge in [-0.15, -0.1) is 0 Å². The predicted octanol–water partition coefficient (Wildman–Crippen LogP) is 6.96. The Labute approximate surface area is 194 Å². The second-order valence-corrected chi connectivity index (χ2v) is 11.7. The van der Waals surface area contributed by atoms with Gasteiger partial charge in [-0.1, -0.05) is 59.6 Å². The number of hydrogen-bond donors (Lipinski definition) is 0. The van der Waals surface area contributed by atoms with Crippen molar-refractivity contribution in [2.24, 2.45) is 29.1 Å². The molecule has 1 fully saturated rings. The minimum atomic E-state index is -0.700. The number of fused-ring (bicyclic) bond motifs is 5. The number of carbonyl (C=O) groups is 2. The zero-order chi connectivity index (χ0) is 23.2. The Kier molecular flexibility index (Phi) is 6.58. The molecule has 0 heterocycles. The molecule has 0 spiro atoms. The quantitative estimate of drug-likeness (QED) is 0.451. The molecule has 3 nitrogen and oxygen atoms in total. The number of hydrogen-bond acceptors (Lipinski definition) is 3. The molecular weight excluding hydrogens is 396 g/mol. The van der Waals surface area contributed by atoms with Crippen LogP contribution in [0.4, 0.5) is 0 Å². The van der Waals surface area contributed by atoms with Crippen LogP contribution < -0.4 is 0 Å². The highest BCUT2D eigenvalue weighted by Crippen LogP contribution is 2.61. The molecule has 0 saturated heterocycles. The van der Waals surface area contributed by atoms with Crippen molar-refractivity contribution in [2.45, 2.75) is 105 Å². The Hall–Kier alpha value is -1.64. The smallest absolute Gasteiger partial charge is 0.303 e. The Morgan fingerprint density at radius 3 is 2.41 bits per heavy atom. The van der Waals surface area contributed by atoms with Crippen LogP contribution in [0.25, 0.3) is 0 Å². The molecule has 1 saturated carbocycles. The molecule has 6 atom stereocenters. The standard InChI is InChI=1S/C29H42O3/c1-17(2)18(3)7-8-19(4)25-12-13-26-23-9-10-24-21(22(23)15-16-29(25,26)6)11-14-27(31)28(24)32-20(5)30/h9-10,17-19,25-26,28H,7-8,11-16H2,1-6H3/t18-,19+,25?,26?,28?,29?/m0/s1. The molecule has 4 unspecified atom stereocenters. The normalized spacial score (nSPS) is 31.0. The summed E-state index contributed by atoms with van der Waals surface area (Å²) < 4.78 is 5.45. The fourth-order valence-corrected chi connectivity index (χ4v) is 7.26. The maximum Gasteiger partial charge on any atom is 0.303 e. The van der Waals surface area contributed by atoms with Gasteiger partial charge in [-0.3, -0.25) is 9.59 Å². The number of esters is 1. The van der Waals surface area contributed by atoms with Crippen LogP contribution in [0.5, 0.6) is 0 Å². The zero-order valence-corrected chi connectivity index (χ0v) is 21.0. The van der Waals surface area contributed by atoms with Gasteiger partial charge in [-0.2, -0.15) is 0 Å². The van der Waals surface area contributed by atoms with Gasteiger partial charge in [0.05, 0.1) is 0 Å². The Bertz CT molecular complexity index is 885. The van der Waals surface area contributed by atoms with Crippen LogP contribution in [0.1, 0.15) is 114 Å². The van der Waals surface area contributed by atoms with E-state index in [4.69, 9.17) is 4.74 Å². The molecule has 0 amide bonds. The highest BCUT2D eigenvalue weighted by molar-refractivity contribution is 5.89. The van der Waals surface area contributed by atoms with Crippen molar-refractivity contribution < 1.29 is 14.3 Å². The fourth-order valence-electron chi connectivity index (χ4n) is 7.26. The van der Waals surface area contributed by atoms with E-state index in [2.05, 4.69) is 46.8 Å². The Balaban J connectivity index is 1.58. The minimum Gasteiger partial charge on any atom is -0.450 e. The van der Waals surface area contributed by atoms with Gasteiger partial charge in [0, 0.05) is 18.9 Å². The van der Waals surface area contributed by atoms with Crippen LogP contribution >= 0.6 is 0 Å². The van der Waals surface area contributed by atoms with E-state index < -0.39 is 6.10 Å². The van der Waals surface area contributed by atoms with Gasteiger partial charge in [-0.25, -0.2) is 0 Å². The lowest BCUT2D eigenvalue weighted by atomic mass is 9.59. The zero-order valence-electron chi connectivity index (χ0n) is 21.0. The van der Waals surface area contributed by atoms with Crippen molar-refractivity contribution >= 4 is 11.8 Å². The predicted molar refractivity (Wildman–Crippen MR) is 129 cm³/mol. The van der Waals surface area contributed by atoms with E-state index in [1.807, 2.05) is 0 Å². The van der Waals surface area contributed by atoms with E-state index in [0.29, 0.717) is 17.8 Å². The number of Topliss-reactive ketones (excluding diaryl/α,β-unsaturated/α-hetero) is 1. The van der Waals surface area contributed by atoms with Gasteiger partial charge in [0.25, 0.3) is 0 Å². The lowest BCUT2D eigenvalue weighted by Crippen LogP contribution is -2.36. The number of ether oxygens (including phenoxy) is 1. The van der Waals surface area contributed by atoms with Crippen molar-refractivity contribution in [1.82, 2.24) is 0 Å². The van der Waals surface area contributed by atoms with Crippen LogP contribution in [0.2, 0.25) is 0 Å². The summed E-state index contributed by atoms with van der Waals surface area (Å²) >= 11 is 0. The first-order valence-electron chi connectivity index (χ1n) is 13.0. The summed E-state index contributed by atoms with van der Waals surface area (Å²) in [7, 11) is 0. The summed E-state index contributed by atoms with van der Waals surface area (Å²) in [5.41, 5.74) is 5.62. The molecule has 0 aliphatic heterocycles. The number of carbonyl (C=O) groups excluding carboxylic acids is 2. The van der Waals surface area contributed by atoms with Crippen LogP contribution in [0.3, 0.4) is 0 Å². The monoisotopic (exact) mass is 438 g/mol. The van der Waals surface area contributed by atoms with Gasteiger partial charge in [0.2, 0.25) is 0 Å². The van der Waals surface area contributed by atoms with Crippen molar-refractivity contribution in [3.05, 3.63) is 34.4 Å². The van der Waals surface area contributed by atoms with Gasteiger partial charge in [0.1, 0.15) is 0 Å². The Morgan fingerprint density at radius 1 is 1.03 bits per heavy atom. The first-order valence-corrected chi connectivity index (χ1v) is 13.0. The van der Waals surface area contributed by atoms with E-state index in [0.717, 1.165) is 42.1 Å². The lowest BCUT2D eigenvalue weighted by molar-refractivity contribution is -0.154. The molecule has 32 heavy (non-hydrogen) atoms. The summed E-state index contributed by atoms with van der Waals surface area (Å²) in [6, 6.07) is 4.38. The molecule has 0 aromatic heterocycles. The van der Waals surface area contributed by atoms with Gasteiger partial charge in [-0.05, 0) is 83.8 Å². The maximum absolute atomic E-state index is 12.5. The minimum absolute atomic E-state index is 0.0404. The van der Waals surface area contributed by atoms with E-state index in [1.54, 1.807) is 0 Å². The first-order chi connectivity index (χ1) is 15.1. The van der Waals surface area contributed by atoms with Gasteiger partial charge in [0.15, 0.2) is 11.9 Å². The van der Waals surface area contributed by atoms with Crippen molar-refractivity contribution in [3.8, 4) is 0 Å². The summed E-state index contributed by atoms with van der Waals surface area (Å²) in [6.45, 7) is 13.6. The molecule has 176 valence electrons. The van der Waals surface area contributed by atoms with Crippen LogP contribution in [0, 0.1) is 29.1 Å². The average molecular weight is 439 g/mol. The second-order valence-electron chi connectivity index (χ2n) is 11.7. The van der Waals surface area contributed by atoms with Gasteiger partial charge >= 0.3 is 5.97 Å². The molecule has 3 aliphatic carbocycles. The summed E-state index contributed by atoms with van der Waals surface area (Å²) in [6.07, 6.45) is 8.21. The maximum atomic E-state index is 12.5. The average Bonchev–Trinajstić information content (AvgIpc) is 3.10. The molecule has 0 bridgehead atoms. The van der Waals surface area contributed by atoms with Gasteiger partial charge < -0.3 is 4.74 Å². The highest BCUT2D eigenvalue weighted by Gasteiger charge is 2.51. The third kappa shape index (κ3) is 4.05. The van der Waals surface area contributed by atoms with E-state index in [-0.39, 0.29) is 11.8 Å². The lowest BCUT2D eigenvalue weighted by Gasteiger charge is -2.45. The summed E-state index contributed by atoms with van der Waals surface area (Å²) in [5, 5.41) is 0. The fraction of sp³-hybridized carbons (Fsp3) is 0.724. The third-order valence-corrected chi connectivity index (χ3v) is 9.58. The second kappa shape index (κ2) is 8.95. The van der Waals surface area contributed by atoms with Crippen LogP contribution in [-0.4, -0.2) is 11.8 Å². The summed E-state index contributed by atoms with van der Waals surface area (Å²) in [4.78, 5) is 24.1. The molecule has 1 aromatic carbocycles. The highest BCUT2D eigenvalue weighted by atomic mass is 16.5. The first kappa shape index (κ1) is 23.5. The summed E-state index contributed by atoms with van der Waals surface area (Å²) in [5.74, 6) is 3.43. The van der Waals surface area contributed by atoms with Crippen molar-refractivity contribution in [3.63, 3.8) is 0 Å². The molecule has 4 rings (SSSR count). The SMILES string of the molecule is CC(=O)OC1C(=O)CCc2c1ccc1c2CCC2(C)C1CCC2[C@H](C)CC[C@H](C)C(C)C. The molecule has 0 N–H and O–H groups in total. The Morgan fingerprint density at radius 2 is 1.72 bits per heavy atom. The van der Waals surface area contributed by atoms with E-state index in [1.165, 1.54) is 55.7 Å². The van der Waals surface area contributed by atoms with Crippen molar-refractivity contribution in [2.75, 3.05) is 0 Å². The molecular formula is C29H42O3. The van der Waals surface area contributed by atoms with E-state index >= 15 is 0 Å². The van der Waals surface area contributed by atoms with E-state index in [9.17, 15) is 9.59 Å². The molecule has 1 aromatic rings. The molecule has 3 aliphatic rings.